The predicted octanol–water partition coefficient (Wildman–Crippen LogP) is 1.20. The summed E-state index contributed by atoms with van der Waals surface area (Å²) in [5.74, 6) is 0.497. The second-order valence-corrected chi connectivity index (χ2v) is 6.53. The van der Waals surface area contributed by atoms with Gasteiger partial charge in [0.2, 0.25) is 5.95 Å². The van der Waals surface area contributed by atoms with Gasteiger partial charge in [0, 0.05) is 44.6 Å². The number of piperazine rings is 1. The van der Waals surface area contributed by atoms with Crippen molar-refractivity contribution in [3.63, 3.8) is 0 Å². The second kappa shape index (κ2) is 7.40. The third kappa shape index (κ3) is 5.85. The highest BCUT2D eigenvalue weighted by Gasteiger charge is 2.21. The molecule has 124 valence electrons. The minimum absolute atomic E-state index is 0.00160. The van der Waals surface area contributed by atoms with Crippen LogP contribution in [-0.2, 0) is 10.2 Å². The molecule has 0 aromatic carbocycles. The first-order valence-electron chi connectivity index (χ1n) is 7.37. The smallest absolute Gasteiger partial charge is 0.300 e. The summed E-state index contributed by atoms with van der Waals surface area (Å²) in [5, 5.41) is 7.42. The number of rotatable bonds is 1. The fourth-order valence-electron chi connectivity index (χ4n) is 2.03. The van der Waals surface area contributed by atoms with E-state index in [1.807, 2.05) is 0 Å². The third-order valence-electron chi connectivity index (χ3n) is 3.33. The second-order valence-electron chi connectivity index (χ2n) is 6.53. The largest absolute Gasteiger partial charge is 0.481 e. The maximum Gasteiger partial charge on any atom is 0.300 e. The number of anilines is 2. The van der Waals surface area contributed by atoms with Crippen LogP contribution in [0, 0.1) is 0 Å². The summed E-state index contributed by atoms with van der Waals surface area (Å²) in [5.41, 5.74) is 6.83. The van der Waals surface area contributed by atoms with Crippen LogP contribution in [0.3, 0.4) is 0 Å². The first kappa shape index (κ1) is 18.2. The van der Waals surface area contributed by atoms with Crippen molar-refractivity contribution in [1.29, 1.82) is 0 Å². The lowest BCUT2D eigenvalue weighted by molar-refractivity contribution is -0.134. The molecule has 0 radical (unpaired) electrons. The molecule has 22 heavy (non-hydrogen) atoms. The van der Waals surface area contributed by atoms with Crippen molar-refractivity contribution < 1.29 is 9.90 Å². The van der Waals surface area contributed by atoms with Crippen molar-refractivity contribution in [2.45, 2.75) is 33.1 Å². The molecule has 7 heteroatoms. The maximum absolute atomic E-state index is 9.00. The SMILES string of the molecule is CC(=O)O.CN1CCN(c2cc(C(C)(C)C)nc(N)n2)CC1. The quantitative estimate of drug-likeness (QED) is 0.804. The fraction of sp³-hybridized carbons (Fsp3) is 0.667. The number of carbonyl (C=O) groups is 1. The average Bonchev–Trinajstić information content (AvgIpc) is 2.37. The number of likely N-dealkylation sites (N-methyl/N-ethyl adjacent to an activating group) is 1. The molecule has 0 saturated carbocycles. The van der Waals surface area contributed by atoms with E-state index in [1.54, 1.807) is 0 Å². The van der Waals surface area contributed by atoms with Gasteiger partial charge in [0.1, 0.15) is 5.82 Å². The number of aromatic nitrogens is 2. The number of hydrogen-bond donors (Lipinski definition) is 2. The summed E-state index contributed by atoms with van der Waals surface area (Å²) in [6.07, 6.45) is 0. The lowest BCUT2D eigenvalue weighted by Crippen LogP contribution is -2.45. The van der Waals surface area contributed by atoms with E-state index in [9.17, 15) is 0 Å². The molecule has 2 rings (SSSR count). The predicted molar refractivity (Wildman–Crippen MR) is 88.2 cm³/mol. The number of nitrogens with two attached hydrogens (primary N) is 1. The first-order valence-corrected chi connectivity index (χ1v) is 7.37. The lowest BCUT2D eigenvalue weighted by atomic mass is 9.92. The number of hydrogen-bond acceptors (Lipinski definition) is 6. The number of carboxylic acids is 1. The zero-order chi connectivity index (χ0) is 16.9. The van der Waals surface area contributed by atoms with Gasteiger partial charge in [-0.25, -0.2) is 4.98 Å². The number of nitrogens with zero attached hydrogens (tertiary/aromatic N) is 4. The zero-order valence-corrected chi connectivity index (χ0v) is 14.1. The Morgan fingerprint density at radius 2 is 1.73 bits per heavy atom. The van der Waals surface area contributed by atoms with Crippen LogP contribution >= 0.6 is 0 Å². The van der Waals surface area contributed by atoms with Gasteiger partial charge >= 0.3 is 0 Å². The Labute approximate surface area is 132 Å². The van der Waals surface area contributed by atoms with E-state index in [4.69, 9.17) is 15.6 Å². The van der Waals surface area contributed by atoms with Gasteiger partial charge in [-0.3, -0.25) is 4.79 Å². The maximum atomic E-state index is 9.00. The normalized spacial score (nSPS) is 16.0. The molecule has 1 aliphatic heterocycles. The molecule has 2 heterocycles. The molecule has 1 saturated heterocycles. The summed E-state index contributed by atoms with van der Waals surface area (Å²) in [6, 6.07) is 2.07. The average molecular weight is 309 g/mol. The highest BCUT2D eigenvalue weighted by molar-refractivity contribution is 5.62. The fourth-order valence-corrected chi connectivity index (χ4v) is 2.03. The third-order valence-corrected chi connectivity index (χ3v) is 3.33. The Bertz CT molecular complexity index is 501. The molecule has 0 atom stereocenters. The Balaban J connectivity index is 0.000000541. The molecule has 0 spiro atoms. The molecule has 7 nitrogen and oxygen atoms in total. The van der Waals surface area contributed by atoms with E-state index in [0.717, 1.165) is 44.6 Å². The van der Waals surface area contributed by atoms with Crippen LogP contribution in [-0.4, -0.2) is 59.2 Å². The van der Waals surface area contributed by atoms with E-state index in [2.05, 4.69) is 53.7 Å². The van der Waals surface area contributed by atoms with E-state index in [0.29, 0.717) is 5.95 Å². The minimum atomic E-state index is -0.833. The van der Waals surface area contributed by atoms with Crippen LogP contribution in [0.2, 0.25) is 0 Å². The molecule has 1 fully saturated rings. The molecule has 0 bridgehead atoms. The summed E-state index contributed by atoms with van der Waals surface area (Å²) in [7, 11) is 2.15. The van der Waals surface area contributed by atoms with Crippen molar-refractivity contribution >= 4 is 17.7 Å². The Hall–Kier alpha value is -1.89. The standard InChI is InChI=1S/C13H23N5.C2H4O2/c1-13(2,3)10-9-11(16-12(14)15-10)18-7-5-17(4)6-8-18;1-2(3)4/h9H,5-8H2,1-4H3,(H2,14,15,16);1H3,(H,3,4). The molecule has 1 aromatic heterocycles. The van der Waals surface area contributed by atoms with Crippen molar-refractivity contribution in [1.82, 2.24) is 14.9 Å². The van der Waals surface area contributed by atoms with Crippen LogP contribution in [0.25, 0.3) is 0 Å². The van der Waals surface area contributed by atoms with Crippen LogP contribution in [0.4, 0.5) is 11.8 Å². The van der Waals surface area contributed by atoms with Crippen molar-refractivity contribution in [2.24, 2.45) is 0 Å². The number of nitrogen functional groups attached to an aromatic ring is 1. The number of aliphatic carboxylic acids is 1. The Morgan fingerprint density at radius 3 is 2.18 bits per heavy atom. The molecule has 1 aliphatic rings. The summed E-state index contributed by atoms with van der Waals surface area (Å²) in [6.45, 7) is 11.6. The van der Waals surface area contributed by atoms with E-state index < -0.39 is 5.97 Å². The Morgan fingerprint density at radius 1 is 1.23 bits per heavy atom. The van der Waals surface area contributed by atoms with Crippen LogP contribution in [0.15, 0.2) is 6.07 Å². The van der Waals surface area contributed by atoms with Gasteiger partial charge in [-0.2, -0.15) is 4.98 Å². The monoisotopic (exact) mass is 309 g/mol. The van der Waals surface area contributed by atoms with Gasteiger partial charge < -0.3 is 20.6 Å². The first-order chi connectivity index (χ1) is 10.1. The summed E-state index contributed by atoms with van der Waals surface area (Å²) in [4.78, 5) is 22.3. The van der Waals surface area contributed by atoms with Gasteiger partial charge in [0.05, 0.1) is 5.69 Å². The molecular weight excluding hydrogens is 282 g/mol. The highest BCUT2D eigenvalue weighted by atomic mass is 16.4. The molecule has 0 amide bonds. The Kier molecular flexibility index (Phi) is 6.11. The van der Waals surface area contributed by atoms with Crippen molar-refractivity contribution in [3.8, 4) is 0 Å². The van der Waals surface area contributed by atoms with Crippen molar-refractivity contribution in [3.05, 3.63) is 11.8 Å². The van der Waals surface area contributed by atoms with E-state index in [-0.39, 0.29) is 5.41 Å². The molecular formula is C15H27N5O2. The minimum Gasteiger partial charge on any atom is -0.481 e. The lowest BCUT2D eigenvalue weighted by Gasteiger charge is -2.33. The van der Waals surface area contributed by atoms with E-state index in [1.165, 1.54) is 0 Å². The highest BCUT2D eigenvalue weighted by Crippen LogP contribution is 2.24. The molecule has 0 aliphatic carbocycles. The number of carboxylic acid groups (broad SMARTS) is 1. The molecule has 0 unspecified atom stereocenters. The van der Waals surface area contributed by atoms with Crippen LogP contribution < -0.4 is 10.6 Å². The van der Waals surface area contributed by atoms with E-state index >= 15 is 0 Å². The van der Waals surface area contributed by atoms with Crippen LogP contribution in [0.5, 0.6) is 0 Å². The summed E-state index contributed by atoms with van der Waals surface area (Å²) >= 11 is 0. The molecule has 1 aromatic rings. The van der Waals surface area contributed by atoms with Gasteiger partial charge in [-0.15, -0.1) is 0 Å². The van der Waals surface area contributed by atoms with Crippen LogP contribution in [0.1, 0.15) is 33.4 Å². The summed E-state index contributed by atoms with van der Waals surface area (Å²) < 4.78 is 0. The van der Waals surface area contributed by atoms with Gasteiger partial charge in [-0.05, 0) is 7.05 Å². The van der Waals surface area contributed by atoms with Gasteiger partial charge in [0.25, 0.3) is 5.97 Å². The zero-order valence-electron chi connectivity index (χ0n) is 14.1. The topological polar surface area (TPSA) is 95.6 Å². The van der Waals surface area contributed by atoms with Gasteiger partial charge in [0.15, 0.2) is 0 Å². The molecule has 3 N–H and O–H groups in total. The van der Waals surface area contributed by atoms with Gasteiger partial charge in [-0.1, -0.05) is 20.8 Å². The van der Waals surface area contributed by atoms with Crippen molar-refractivity contribution in [2.75, 3.05) is 43.9 Å².